The van der Waals surface area contributed by atoms with Gasteiger partial charge in [-0.2, -0.15) is 0 Å². The molecule has 33 heavy (non-hydrogen) atoms. The molecule has 1 amide bonds. The third-order valence-electron chi connectivity index (χ3n) is 5.66. The van der Waals surface area contributed by atoms with Crippen molar-refractivity contribution in [3.05, 3.63) is 95.5 Å². The number of pyridine rings is 1. The van der Waals surface area contributed by atoms with Gasteiger partial charge in [0.1, 0.15) is 5.82 Å². The highest BCUT2D eigenvalue weighted by Gasteiger charge is 2.26. The van der Waals surface area contributed by atoms with Crippen LogP contribution in [-0.4, -0.2) is 31.6 Å². The first-order valence-corrected chi connectivity index (χ1v) is 10.9. The van der Waals surface area contributed by atoms with Gasteiger partial charge >= 0.3 is 0 Å². The Bertz CT molecular complexity index is 1250. The zero-order valence-electron chi connectivity index (χ0n) is 17.9. The highest BCUT2D eigenvalue weighted by molar-refractivity contribution is 6.13. The van der Waals surface area contributed by atoms with Crippen molar-refractivity contribution in [2.24, 2.45) is 0 Å². The highest BCUT2D eigenvalue weighted by atomic mass is 16.5. The maximum absolute atomic E-state index is 12.8. The van der Waals surface area contributed by atoms with Crippen LogP contribution in [0, 0.1) is 0 Å². The Morgan fingerprint density at radius 3 is 2.73 bits per heavy atom. The van der Waals surface area contributed by atoms with E-state index in [4.69, 9.17) is 4.74 Å². The molecule has 1 aliphatic rings. The lowest BCUT2D eigenvalue weighted by Crippen LogP contribution is -2.18. The van der Waals surface area contributed by atoms with Gasteiger partial charge in [0, 0.05) is 43.2 Å². The molecule has 8 nitrogen and oxygen atoms in total. The van der Waals surface area contributed by atoms with Gasteiger partial charge in [-0.1, -0.05) is 30.3 Å². The summed E-state index contributed by atoms with van der Waals surface area (Å²) in [7, 11) is 0. The van der Waals surface area contributed by atoms with Crippen molar-refractivity contribution in [1.82, 2.24) is 19.9 Å². The first-order valence-electron chi connectivity index (χ1n) is 10.9. The Balaban J connectivity index is 1.28. The van der Waals surface area contributed by atoms with E-state index in [1.807, 2.05) is 30.3 Å². The Kier molecular flexibility index (Phi) is 5.72. The number of carbonyl (C=O) groups is 2. The number of benzene rings is 1. The molecule has 1 atom stereocenters. The van der Waals surface area contributed by atoms with Gasteiger partial charge in [-0.05, 0) is 24.5 Å². The number of amides is 1. The Labute approximate surface area is 190 Å². The number of H-pyrrole nitrogens is 2. The van der Waals surface area contributed by atoms with Crippen LogP contribution in [-0.2, 0) is 12.8 Å². The van der Waals surface area contributed by atoms with Crippen molar-refractivity contribution in [1.29, 1.82) is 0 Å². The van der Waals surface area contributed by atoms with Crippen LogP contribution in [0.1, 0.15) is 56.7 Å². The van der Waals surface area contributed by atoms with Crippen molar-refractivity contribution >= 4 is 17.4 Å². The Morgan fingerprint density at radius 1 is 1.09 bits per heavy atom. The molecule has 1 unspecified atom stereocenters. The summed E-state index contributed by atoms with van der Waals surface area (Å²) in [5.41, 5.74) is 3.35. The molecular formula is C25H23N5O3. The Morgan fingerprint density at radius 2 is 1.97 bits per heavy atom. The lowest BCUT2D eigenvalue weighted by atomic mass is 9.93. The van der Waals surface area contributed by atoms with Crippen LogP contribution in [0.25, 0.3) is 0 Å². The predicted octanol–water partition coefficient (Wildman–Crippen LogP) is 4.27. The van der Waals surface area contributed by atoms with E-state index in [-0.39, 0.29) is 17.8 Å². The van der Waals surface area contributed by atoms with Crippen molar-refractivity contribution < 1.29 is 14.3 Å². The quantitative estimate of drug-likeness (QED) is 0.396. The number of hydrogen-bond acceptors (Lipinski definition) is 5. The molecule has 0 bridgehead atoms. The van der Waals surface area contributed by atoms with E-state index < -0.39 is 0 Å². The van der Waals surface area contributed by atoms with Crippen LogP contribution in [0.5, 0.6) is 5.88 Å². The number of imidazole rings is 1. The number of ether oxygens (including phenoxy) is 1. The minimum atomic E-state index is -0.340. The van der Waals surface area contributed by atoms with Crippen LogP contribution in [0.3, 0.4) is 0 Å². The topological polar surface area (TPSA) is 113 Å². The first-order chi connectivity index (χ1) is 16.2. The third-order valence-corrected chi connectivity index (χ3v) is 5.66. The summed E-state index contributed by atoms with van der Waals surface area (Å²) in [6.45, 7) is 0. The van der Waals surface area contributed by atoms with Gasteiger partial charge < -0.3 is 20.0 Å². The van der Waals surface area contributed by atoms with E-state index in [0.29, 0.717) is 41.4 Å². The maximum atomic E-state index is 12.8. The molecule has 0 fully saturated rings. The van der Waals surface area contributed by atoms with Crippen molar-refractivity contribution in [3.63, 3.8) is 0 Å². The summed E-state index contributed by atoms with van der Waals surface area (Å²) in [6, 6.07) is 13.4. The molecule has 4 aromatic rings. The molecule has 0 aliphatic heterocycles. The van der Waals surface area contributed by atoms with Gasteiger partial charge in [-0.3, -0.25) is 9.59 Å². The van der Waals surface area contributed by atoms with Crippen molar-refractivity contribution in [2.45, 2.75) is 31.8 Å². The number of ketones is 1. The summed E-state index contributed by atoms with van der Waals surface area (Å²) in [5, 5.41) is 2.82. The van der Waals surface area contributed by atoms with Gasteiger partial charge in [0.15, 0.2) is 11.9 Å². The fourth-order valence-electron chi connectivity index (χ4n) is 4.06. The van der Waals surface area contributed by atoms with Gasteiger partial charge in [0.2, 0.25) is 5.88 Å². The third kappa shape index (κ3) is 4.55. The molecule has 0 saturated heterocycles. The second-order valence-corrected chi connectivity index (χ2v) is 7.94. The average molecular weight is 441 g/mol. The van der Waals surface area contributed by atoms with Crippen LogP contribution in [0.4, 0.5) is 5.69 Å². The second-order valence-electron chi connectivity index (χ2n) is 7.94. The summed E-state index contributed by atoms with van der Waals surface area (Å²) in [6.07, 6.45) is 8.93. The van der Waals surface area contributed by atoms with E-state index in [1.54, 1.807) is 30.7 Å². The standard InChI is InChI=1S/C25H23N5O3/c31-20-8-4-7-19-23(20)18(15-28-19)25(32)30-17-9-10-22(29-14-17)33-21(24-26-11-12-27-24)13-16-5-2-1-3-6-16/h1-3,5-6,9-12,14-15,21,28H,4,7-8,13H2,(H,26,27)(H,30,32). The van der Waals surface area contributed by atoms with Crippen LogP contribution < -0.4 is 10.1 Å². The lowest BCUT2D eigenvalue weighted by molar-refractivity contribution is 0.0956. The smallest absolute Gasteiger partial charge is 0.257 e. The molecule has 5 rings (SSSR count). The molecule has 1 aromatic carbocycles. The van der Waals surface area contributed by atoms with E-state index in [0.717, 1.165) is 24.1 Å². The number of fused-ring (bicyclic) bond motifs is 1. The van der Waals surface area contributed by atoms with Gasteiger partial charge in [-0.25, -0.2) is 9.97 Å². The molecule has 0 spiro atoms. The fourth-order valence-corrected chi connectivity index (χ4v) is 4.06. The number of anilines is 1. The largest absolute Gasteiger partial charge is 0.466 e. The molecule has 3 aromatic heterocycles. The lowest BCUT2D eigenvalue weighted by Gasteiger charge is -2.17. The molecule has 8 heteroatoms. The maximum Gasteiger partial charge on any atom is 0.257 e. The number of aromatic amines is 2. The minimum Gasteiger partial charge on any atom is -0.466 e. The van der Waals surface area contributed by atoms with E-state index in [9.17, 15) is 9.59 Å². The molecular weight excluding hydrogens is 418 g/mol. The van der Waals surface area contributed by atoms with Crippen LogP contribution in [0.2, 0.25) is 0 Å². The SMILES string of the molecule is O=C(Nc1ccc(OC(Cc2ccccc2)c2ncc[nH]2)nc1)c1c[nH]c2c1C(=O)CCC2. The van der Waals surface area contributed by atoms with Crippen LogP contribution >= 0.6 is 0 Å². The zero-order valence-corrected chi connectivity index (χ0v) is 17.9. The summed E-state index contributed by atoms with van der Waals surface area (Å²) in [4.78, 5) is 39.9. The van der Waals surface area contributed by atoms with E-state index in [1.165, 1.54) is 6.20 Å². The van der Waals surface area contributed by atoms with E-state index in [2.05, 4.69) is 25.3 Å². The monoisotopic (exact) mass is 441 g/mol. The number of Topliss-reactive ketones (excluding diaryl/α,β-unsaturated/α-hetero) is 1. The zero-order chi connectivity index (χ0) is 22.6. The number of hydrogen-bond donors (Lipinski definition) is 3. The second kappa shape index (κ2) is 9.12. The molecule has 0 radical (unpaired) electrons. The molecule has 1 aliphatic carbocycles. The minimum absolute atomic E-state index is 0.00640. The number of nitrogens with zero attached hydrogens (tertiary/aromatic N) is 2. The number of carbonyl (C=O) groups excluding carboxylic acids is 2. The molecule has 3 heterocycles. The first kappa shape index (κ1) is 20.7. The number of nitrogens with one attached hydrogen (secondary N) is 3. The number of aromatic nitrogens is 4. The summed E-state index contributed by atoms with van der Waals surface area (Å²) < 4.78 is 6.12. The predicted molar refractivity (Wildman–Crippen MR) is 122 cm³/mol. The molecule has 3 N–H and O–H groups in total. The van der Waals surface area contributed by atoms with Gasteiger partial charge in [0.25, 0.3) is 5.91 Å². The van der Waals surface area contributed by atoms with Crippen molar-refractivity contribution in [3.8, 4) is 5.88 Å². The highest BCUT2D eigenvalue weighted by Crippen LogP contribution is 2.26. The van der Waals surface area contributed by atoms with Gasteiger partial charge in [0.05, 0.1) is 23.0 Å². The average Bonchev–Trinajstić information content (AvgIpc) is 3.52. The van der Waals surface area contributed by atoms with Gasteiger partial charge in [-0.15, -0.1) is 0 Å². The van der Waals surface area contributed by atoms with Crippen molar-refractivity contribution in [2.75, 3.05) is 5.32 Å². The summed E-state index contributed by atoms with van der Waals surface area (Å²) >= 11 is 0. The fraction of sp³-hybridized carbons (Fsp3) is 0.200. The number of rotatable bonds is 7. The van der Waals surface area contributed by atoms with Crippen LogP contribution in [0.15, 0.2) is 67.3 Å². The molecule has 166 valence electrons. The Hall–Kier alpha value is -4.20. The molecule has 0 saturated carbocycles. The number of aryl methyl sites for hydroxylation is 1. The normalized spacial score (nSPS) is 13.9. The van der Waals surface area contributed by atoms with E-state index >= 15 is 0 Å². The summed E-state index contributed by atoms with van der Waals surface area (Å²) in [5.74, 6) is 0.794.